The summed E-state index contributed by atoms with van der Waals surface area (Å²) in [6.45, 7) is 23.4. The molecule has 37 heavy (non-hydrogen) atoms. The van der Waals surface area contributed by atoms with Gasteiger partial charge in [-0.2, -0.15) is 0 Å². The molecule has 0 bridgehead atoms. The molecule has 0 unspecified atom stereocenters. The molecule has 3 fully saturated rings. The first-order valence-corrected chi connectivity index (χ1v) is 14.8. The molecule has 0 saturated carbocycles. The number of hydroxylamine groups is 6. The van der Waals surface area contributed by atoms with Crippen LogP contribution in [0.5, 0.6) is 0 Å². The Bertz CT molecular complexity index is 659. The van der Waals surface area contributed by atoms with E-state index in [1.807, 2.05) is 83.1 Å². The lowest BCUT2D eigenvalue weighted by Crippen LogP contribution is -2.60. The molecule has 10 heteroatoms. The van der Waals surface area contributed by atoms with Crippen molar-refractivity contribution in [1.29, 1.82) is 0 Å². The van der Waals surface area contributed by atoms with Crippen molar-refractivity contribution in [2.24, 2.45) is 0 Å². The molecular formula is C27H51N3O6P. The quantitative estimate of drug-likeness (QED) is 0.361. The summed E-state index contributed by atoms with van der Waals surface area (Å²) >= 11 is 0. The van der Waals surface area contributed by atoms with Gasteiger partial charge in [0.2, 0.25) is 0 Å². The van der Waals surface area contributed by atoms with Crippen molar-refractivity contribution in [2.45, 2.75) is 173 Å². The van der Waals surface area contributed by atoms with Crippen LogP contribution in [0.25, 0.3) is 0 Å². The fraction of sp³-hybridized carbons (Fsp3) is 1.00. The zero-order chi connectivity index (χ0) is 28.4. The molecule has 0 aliphatic carbocycles. The highest BCUT2D eigenvalue weighted by molar-refractivity contribution is 7.41. The Hall–Kier alpha value is 0.0700. The fourth-order valence-electron chi connectivity index (χ4n) is 7.18. The van der Waals surface area contributed by atoms with Crippen molar-refractivity contribution < 1.29 is 29.2 Å². The highest BCUT2D eigenvalue weighted by Crippen LogP contribution is 2.53. The van der Waals surface area contributed by atoms with Crippen LogP contribution < -0.4 is 0 Å². The van der Waals surface area contributed by atoms with Crippen LogP contribution in [0.15, 0.2) is 0 Å². The first-order valence-electron chi connectivity index (χ1n) is 13.7. The molecule has 215 valence electrons. The van der Waals surface area contributed by atoms with Crippen LogP contribution in [-0.4, -0.2) is 66.7 Å². The van der Waals surface area contributed by atoms with Gasteiger partial charge in [-0.15, -0.1) is 30.8 Å². The van der Waals surface area contributed by atoms with E-state index in [1.165, 1.54) is 15.2 Å². The summed E-state index contributed by atoms with van der Waals surface area (Å²) in [6.07, 6.45) is 2.78. The first kappa shape index (κ1) is 31.6. The van der Waals surface area contributed by atoms with Gasteiger partial charge in [-0.05, 0) is 122 Å². The number of rotatable bonds is 6. The highest BCUT2D eigenvalue weighted by Gasteiger charge is 2.52. The SMILES string of the molecule is CC1(C)CC(OP(OC2CC(C)(C)N([O])C(C)(C)C2)OC2CC(C)(C)N([O])C(C)(C)C2)CC(C)(C)N1[O]. The lowest BCUT2D eigenvalue weighted by Gasteiger charge is -2.52. The Labute approximate surface area is 226 Å². The van der Waals surface area contributed by atoms with E-state index in [4.69, 9.17) is 13.6 Å². The summed E-state index contributed by atoms with van der Waals surface area (Å²) in [5.74, 6) is 0. The number of hydrogen-bond donors (Lipinski definition) is 0. The van der Waals surface area contributed by atoms with Crippen molar-refractivity contribution in [3.8, 4) is 0 Å². The summed E-state index contributed by atoms with van der Waals surface area (Å²) in [4.78, 5) is 0. The molecule has 9 nitrogen and oxygen atoms in total. The third kappa shape index (κ3) is 6.87. The van der Waals surface area contributed by atoms with E-state index >= 15 is 0 Å². The van der Waals surface area contributed by atoms with Gasteiger partial charge in [0.1, 0.15) is 0 Å². The second-order valence-corrected chi connectivity index (χ2v) is 16.5. The van der Waals surface area contributed by atoms with E-state index < -0.39 is 41.8 Å². The molecule has 3 aliphatic rings. The molecule has 3 saturated heterocycles. The molecule has 3 aliphatic heterocycles. The minimum absolute atomic E-state index is 0.206. The minimum atomic E-state index is -1.78. The van der Waals surface area contributed by atoms with Crippen LogP contribution in [-0.2, 0) is 29.2 Å². The molecule has 3 rings (SSSR count). The van der Waals surface area contributed by atoms with E-state index in [1.54, 1.807) is 0 Å². The third-order valence-corrected chi connectivity index (χ3v) is 9.78. The summed E-state index contributed by atoms with van der Waals surface area (Å²) in [5.41, 5.74) is -3.48. The van der Waals surface area contributed by atoms with E-state index in [0.717, 1.165) is 0 Å². The molecule has 0 N–H and O–H groups in total. The zero-order valence-corrected chi connectivity index (χ0v) is 26.1. The molecule has 3 heterocycles. The molecule has 0 aromatic heterocycles. The normalized spacial score (nSPS) is 31.1. The highest BCUT2D eigenvalue weighted by atomic mass is 31.2. The van der Waals surface area contributed by atoms with Gasteiger partial charge in [-0.3, -0.25) is 0 Å². The summed E-state index contributed by atoms with van der Waals surface area (Å²) in [6, 6.07) is 0. The van der Waals surface area contributed by atoms with Crippen LogP contribution in [0.4, 0.5) is 0 Å². The van der Waals surface area contributed by atoms with Gasteiger partial charge in [-0.25, -0.2) is 0 Å². The van der Waals surface area contributed by atoms with Crippen LogP contribution in [0.2, 0.25) is 0 Å². The van der Waals surface area contributed by atoms with Gasteiger partial charge in [0.25, 0.3) is 0 Å². The summed E-state index contributed by atoms with van der Waals surface area (Å²) < 4.78 is 19.8. The van der Waals surface area contributed by atoms with Gasteiger partial charge in [-0.1, -0.05) is 0 Å². The predicted octanol–water partition coefficient (Wildman–Crippen LogP) is 6.36. The maximum absolute atomic E-state index is 12.9. The lowest BCUT2D eigenvalue weighted by molar-refractivity contribution is -0.302. The average Bonchev–Trinajstić information content (AvgIpc) is 2.67. The van der Waals surface area contributed by atoms with Gasteiger partial charge in [0.05, 0.1) is 18.3 Å². The summed E-state index contributed by atoms with van der Waals surface area (Å²) in [7, 11) is -1.78. The third-order valence-electron chi connectivity index (χ3n) is 8.37. The Morgan fingerprint density at radius 3 is 0.757 bits per heavy atom. The van der Waals surface area contributed by atoms with Crippen molar-refractivity contribution >= 4 is 8.60 Å². The first-order chi connectivity index (χ1) is 16.5. The Morgan fingerprint density at radius 1 is 0.432 bits per heavy atom. The fourth-order valence-corrected chi connectivity index (χ4v) is 8.50. The van der Waals surface area contributed by atoms with Crippen molar-refractivity contribution in [3.63, 3.8) is 0 Å². The van der Waals surface area contributed by atoms with Gasteiger partial charge < -0.3 is 13.6 Å². The molecule has 0 aromatic rings. The number of nitrogens with zero attached hydrogens (tertiary/aromatic N) is 3. The molecular weight excluding hydrogens is 493 g/mol. The van der Waals surface area contributed by atoms with E-state index in [9.17, 15) is 15.6 Å². The topological polar surface area (TPSA) is 97.1 Å². The largest absolute Gasteiger partial charge is 0.333 e. The molecule has 0 atom stereocenters. The second-order valence-electron chi connectivity index (χ2n) is 15.4. The number of hydrogen-bond acceptors (Lipinski definition) is 6. The predicted molar refractivity (Wildman–Crippen MR) is 141 cm³/mol. The lowest BCUT2D eigenvalue weighted by atomic mass is 9.80. The van der Waals surface area contributed by atoms with Crippen molar-refractivity contribution in [2.75, 3.05) is 0 Å². The van der Waals surface area contributed by atoms with Crippen molar-refractivity contribution in [1.82, 2.24) is 15.2 Å². The van der Waals surface area contributed by atoms with Crippen LogP contribution in [0, 0.1) is 0 Å². The zero-order valence-electron chi connectivity index (χ0n) is 25.2. The maximum atomic E-state index is 12.9. The molecule has 0 amide bonds. The number of piperidine rings is 3. The average molecular weight is 545 g/mol. The smallest absolute Gasteiger partial charge is 0.309 e. The molecule has 3 radical (unpaired) electrons. The van der Waals surface area contributed by atoms with Crippen LogP contribution in [0.1, 0.15) is 122 Å². The Balaban J connectivity index is 1.84. The monoisotopic (exact) mass is 544 g/mol. The van der Waals surface area contributed by atoms with Gasteiger partial charge in [0, 0.05) is 33.2 Å². The second kappa shape index (κ2) is 10.2. The van der Waals surface area contributed by atoms with E-state index in [2.05, 4.69) is 0 Å². The maximum Gasteiger partial charge on any atom is 0.333 e. The van der Waals surface area contributed by atoms with E-state index in [0.29, 0.717) is 38.5 Å². The van der Waals surface area contributed by atoms with Crippen molar-refractivity contribution in [3.05, 3.63) is 0 Å². The minimum Gasteiger partial charge on any atom is -0.309 e. The van der Waals surface area contributed by atoms with E-state index in [-0.39, 0.29) is 18.3 Å². The summed E-state index contributed by atoms with van der Waals surface area (Å²) in [5, 5.41) is 42.3. The van der Waals surface area contributed by atoms with Crippen LogP contribution >= 0.6 is 8.60 Å². The molecule has 0 spiro atoms. The molecule has 0 aromatic carbocycles. The Kier molecular flexibility index (Phi) is 8.68. The van der Waals surface area contributed by atoms with Gasteiger partial charge >= 0.3 is 8.60 Å². The Morgan fingerprint density at radius 2 is 0.595 bits per heavy atom. The van der Waals surface area contributed by atoms with Gasteiger partial charge in [0.15, 0.2) is 0 Å². The van der Waals surface area contributed by atoms with Crippen LogP contribution in [0.3, 0.4) is 0 Å². The standard InChI is InChI=1S/C27H51N3O6P/c1-22(2)13-19(14-23(3,4)28(22)31)34-37(35-20-15-24(5,6)29(32)25(7,8)16-20)36-21-17-26(9,10)30(33)27(11,12)18-21/h19-21H,13-18H2,1-12H3.